The number of pyridine rings is 2. The number of aryl methyl sites for hydroxylation is 1. The summed E-state index contributed by atoms with van der Waals surface area (Å²) in [6.07, 6.45) is 4.59. The van der Waals surface area contributed by atoms with Gasteiger partial charge in [-0.25, -0.2) is 4.98 Å². The molecule has 2 aromatic heterocycles. The highest BCUT2D eigenvalue weighted by molar-refractivity contribution is 9.10. The fourth-order valence-corrected chi connectivity index (χ4v) is 1.91. The van der Waals surface area contributed by atoms with Gasteiger partial charge in [0, 0.05) is 16.9 Å². The number of carbonyl (C=O) groups excluding carboxylic acids is 1. The first-order valence-electron chi connectivity index (χ1n) is 5.21. The maximum absolute atomic E-state index is 12.0. The Labute approximate surface area is 113 Å². The van der Waals surface area contributed by atoms with Crippen LogP contribution in [0.2, 0.25) is 0 Å². The molecule has 0 fully saturated rings. The van der Waals surface area contributed by atoms with Gasteiger partial charge in [0.05, 0.1) is 17.4 Å². The SMILES string of the molecule is Cc1cc(Br)cnc1NC(=O)c1ccncc1N. The van der Waals surface area contributed by atoms with E-state index < -0.39 is 0 Å². The van der Waals surface area contributed by atoms with Crippen LogP contribution in [0.3, 0.4) is 0 Å². The van der Waals surface area contributed by atoms with Crippen LogP contribution in [0.5, 0.6) is 0 Å². The monoisotopic (exact) mass is 306 g/mol. The molecule has 2 aromatic rings. The minimum Gasteiger partial charge on any atom is -0.397 e. The Morgan fingerprint density at radius 2 is 2.22 bits per heavy atom. The van der Waals surface area contributed by atoms with Crippen LogP contribution in [0, 0.1) is 6.92 Å². The summed E-state index contributed by atoms with van der Waals surface area (Å²) < 4.78 is 0.862. The van der Waals surface area contributed by atoms with Crippen molar-refractivity contribution in [2.75, 3.05) is 11.1 Å². The normalized spacial score (nSPS) is 10.1. The predicted molar refractivity (Wildman–Crippen MR) is 73.3 cm³/mol. The van der Waals surface area contributed by atoms with Gasteiger partial charge in [0.15, 0.2) is 0 Å². The number of amides is 1. The third-order valence-corrected chi connectivity index (χ3v) is 2.81. The summed E-state index contributed by atoms with van der Waals surface area (Å²) in [5.41, 5.74) is 7.27. The summed E-state index contributed by atoms with van der Waals surface area (Å²) in [6, 6.07) is 3.44. The Balaban J connectivity index is 2.24. The number of nitrogens with zero attached hydrogens (tertiary/aromatic N) is 2. The van der Waals surface area contributed by atoms with E-state index in [9.17, 15) is 4.79 Å². The Morgan fingerprint density at radius 3 is 2.89 bits per heavy atom. The first-order valence-corrected chi connectivity index (χ1v) is 6.00. The third kappa shape index (κ3) is 2.65. The highest BCUT2D eigenvalue weighted by Crippen LogP contribution is 2.18. The van der Waals surface area contributed by atoms with E-state index in [1.165, 1.54) is 12.4 Å². The molecule has 18 heavy (non-hydrogen) atoms. The van der Waals surface area contributed by atoms with Gasteiger partial charge in [-0.3, -0.25) is 9.78 Å². The molecular formula is C12H11BrN4O. The van der Waals surface area contributed by atoms with Gasteiger partial charge in [-0.15, -0.1) is 0 Å². The molecule has 0 unspecified atom stereocenters. The molecule has 1 amide bonds. The molecule has 0 radical (unpaired) electrons. The van der Waals surface area contributed by atoms with Crippen molar-refractivity contribution >= 4 is 33.3 Å². The van der Waals surface area contributed by atoms with E-state index in [0.717, 1.165) is 10.0 Å². The van der Waals surface area contributed by atoms with E-state index in [4.69, 9.17) is 5.73 Å². The van der Waals surface area contributed by atoms with E-state index >= 15 is 0 Å². The van der Waals surface area contributed by atoms with Crippen LogP contribution in [0.25, 0.3) is 0 Å². The third-order valence-electron chi connectivity index (χ3n) is 2.37. The second kappa shape index (κ2) is 5.14. The number of nitrogens with two attached hydrogens (primary N) is 1. The maximum Gasteiger partial charge on any atom is 0.259 e. The molecule has 0 aliphatic rings. The summed E-state index contributed by atoms with van der Waals surface area (Å²) in [7, 11) is 0. The molecule has 0 atom stereocenters. The van der Waals surface area contributed by atoms with Gasteiger partial charge in [0.2, 0.25) is 0 Å². The molecule has 0 aliphatic carbocycles. The summed E-state index contributed by atoms with van der Waals surface area (Å²) >= 11 is 3.32. The first kappa shape index (κ1) is 12.5. The Kier molecular flexibility index (Phi) is 3.57. The number of hydrogen-bond donors (Lipinski definition) is 2. The van der Waals surface area contributed by atoms with Gasteiger partial charge in [0.25, 0.3) is 5.91 Å². The molecule has 0 saturated carbocycles. The number of rotatable bonds is 2. The van der Waals surface area contributed by atoms with Gasteiger partial charge in [-0.05, 0) is 40.5 Å². The molecule has 3 N–H and O–H groups in total. The van der Waals surface area contributed by atoms with Gasteiger partial charge in [0.1, 0.15) is 5.82 Å². The highest BCUT2D eigenvalue weighted by atomic mass is 79.9. The Bertz CT molecular complexity index is 600. The zero-order valence-electron chi connectivity index (χ0n) is 9.64. The lowest BCUT2D eigenvalue weighted by atomic mass is 10.2. The zero-order chi connectivity index (χ0) is 13.1. The molecule has 5 nitrogen and oxygen atoms in total. The zero-order valence-corrected chi connectivity index (χ0v) is 11.2. The number of nitrogen functional groups attached to an aromatic ring is 1. The van der Waals surface area contributed by atoms with Gasteiger partial charge < -0.3 is 11.1 Å². The van der Waals surface area contributed by atoms with Crippen molar-refractivity contribution in [3.8, 4) is 0 Å². The molecule has 2 rings (SSSR count). The predicted octanol–water partition coefficient (Wildman–Crippen LogP) is 2.38. The van der Waals surface area contributed by atoms with Crippen LogP contribution < -0.4 is 11.1 Å². The van der Waals surface area contributed by atoms with Crippen LogP contribution in [0.4, 0.5) is 11.5 Å². The lowest BCUT2D eigenvalue weighted by Crippen LogP contribution is -2.15. The van der Waals surface area contributed by atoms with Crippen molar-refractivity contribution in [1.82, 2.24) is 9.97 Å². The van der Waals surface area contributed by atoms with E-state index in [2.05, 4.69) is 31.2 Å². The second-order valence-electron chi connectivity index (χ2n) is 3.74. The van der Waals surface area contributed by atoms with Crippen molar-refractivity contribution in [3.05, 3.63) is 46.3 Å². The lowest BCUT2D eigenvalue weighted by Gasteiger charge is -2.08. The van der Waals surface area contributed by atoms with Crippen LogP contribution in [0.1, 0.15) is 15.9 Å². The van der Waals surface area contributed by atoms with E-state index in [-0.39, 0.29) is 5.91 Å². The fraction of sp³-hybridized carbons (Fsp3) is 0.0833. The first-order chi connectivity index (χ1) is 8.58. The van der Waals surface area contributed by atoms with Crippen molar-refractivity contribution in [1.29, 1.82) is 0 Å². The van der Waals surface area contributed by atoms with E-state index in [1.807, 2.05) is 13.0 Å². The maximum atomic E-state index is 12.0. The molecule has 6 heteroatoms. The van der Waals surface area contributed by atoms with Crippen LogP contribution in [0.15, 0.2) is 35.2 Å². The fourth-order valence-electron chi connectivity index (χ4n) is 1.46. The molecule has 0 saturated heterocycles. The standard InChI is InChI=1S/C12H11BrN4O/c1-7-4-8(13)5-16-11(7)17-12(18)9-2-3-15-6-10(9)14/h2-6H,14H2,1H3,(H,16,17,18). The number of hydrogen-bond acceptors (Lipinski definition) is 4. The van der Waals surface area contributed by atoms with Gasteiger partial charge in [-0.1, -0.05) is 0 Å². The van der Waals surface area contributed by atoms with Crippen molar-refractivity contribution in [2.45, 2.75) is 6.92 Å². The lowest BCUT2D eigenvalue weighted by molar-refractivity contribution is 0.102. The molecule has 92 valence electrons. The van der Waals surface area contributed by atoms with Gasteiger partial charge >= 0.3 is 0 Å². The largest absolute Gasteiger partial charge is 0.397 e. The van der Waals surface area contributed by atoms with Crippen LogP contribution in [-0.4, -0.2) is 15.9 Å². The molecule has 0 aliphatic heterocycles. The van der Waals surface area contributed by atoms with E-state index in [0.29, 0.717) is 17.1 Å². The topological polar surface area (TPSA) is 80.9 Å². The average molecular weight is 307 g/mol. The van der Waals surface area contributed by atoms with Crippen LogP contribution in [-0.2, 0) is 0 Å². The van der Waals surface area contributed by atoms with Crippen molar-refractivity contribution in [2.24, 2.45) is 0 Å². The second-order valence-corrected chi connectivity index (χ2v) is 4.65. The average Bonchev–Trinajstić information content (AvgIpc) is 2.33. The highest BCUT2D eigenvalue weighted by Gasteiger charge is 2.11. The number of aromatic nitrogens is 2. The Hall–Kier alpha value is -1.95. The number of carbonyl (C=O) groups is 1. The molecule has 0 spiro atoms. The molecule has 0 aromatic carbocycles. The summed E-state index contributed by atoms with van der Waals surface area (Å²) in [5.74, 6) is 0.215. The number of anilines is 2. The van der Waals surface area contributed by atoms with Gasteiger partial charge in [-0.2, -0.15) is 0 Å². The number of nitrogens with one attached hydrogen (secondary N) is 1. The smallest absolute Gasteiger partial charge is 0.259 e. The molecule has 0 bridgehead atoms. The summed E-state index contributed by atoms with van der Waals surface area (Å²) in [6.45, 7) is 1.86. The van der Waals surface area contributed by atoms with Crippen molar-refractivity contribution < 1.29 is 4.79 Å². The summed E-state index contributed by atoms with van der Waals surface area (Å²) in [4.78, 5) is 20.0. The minimum absolute atomic E-state index is 0.298. The number of halogens is 1. The molecular weight excluding hydrogens is 296 g/mol. The van der Waals surface area contributed by atoms with E-state index in [1.54, 1.807) is 12.3 Å². The quantitative estimate of drug-likeness (QED) is 0.892. The summed E-state index contributed by atoms with van der Waals surface area (Å²) in [5, 5.41) is 2.72. The minimum atomic E-state index is -0.298. The van der Waals surface area contributed by atoms with Crippen molar-refractivity contribution in [3.63, 3.8) is 0 Å². The van der Waals surface area contributed by atoms with Crippen LogP contribution >= 0.6 is 15.9 Å². The molecule has 2 heterocycles. The Morgan fingerprint density at radius 1 is 1.44 bits per heavy atom.